The molecule has 0 aliphatic rings. The van der Waals surface area contributed by atoms with Crippen LogP contribution in [0.25, 0.3) is 0 Å². The third-order valence-corrected chi connectivity index (χ3v) is 2.90. The van der Waals surface area contributed by atoms with E-state index in [1.54, 1.807) is 7.05 Å². The lowest BCUT2D eigenvalue weighted by Crippen LogP contribution is -2.31. The number of nitrogens with one attached hydrogen (secondary N) is 3. The van der Waals surface area contributed by atoms with Crippen LogP contribution < -0.4 is 16.0 Å². The Morgan fingerprint density at radius 1 is 1.15 bits per heavy atom. The van der Waals surface area contributed by atoms with E-state index in [1.165, 1.54) is 0 Å². The number of benzene rings is 1. The second-order valence-electron chi connectivity index (χ2n) is 4.65. The fourth-order valence-corrected chi connectivity index (χ4v) is 1.80. The number of hydrogen-bond donors (Lipinski definition) is 3. The summed E-state index contributed by atoms with van der Waals surface area (Å²) in [7, 11) is 1.78. The van der Waals surface area contributed by atoms with Crippen molar-refractivity contribution in [3.63, 3.8) is 0 Å². The zero-order valence-corrected chi connectivity index (χ0v) is 12.4. The summed E-state index contributed by atoms with van der Waals surface area (Å²) in [5.41, 5.74) is 2.40. The Kier molecular flexibility index (Phi) is 6.56. The van der Waals surface area contributed by atoms with Gasteiger partial charge in [0.2, 0.25) is 5.91 Å². The lowest BCUT2D eigenvalue weighted by molar-refractivity contribution is -0.120. The lowest BCUT2D eigenvalue weighted by Gasteiger charge is -2.10. The standard InChI is InChI=1S/C15H23N3O2/c1-4-8-17-14(19)7-9-18-15(20)12-10-11(2)5-6-13(12)16-3/h5-6,10,16H,4,7-9H2,1-3H3,(H,17,19)(H,18,20). The first-order valence-corrected chi connectivity index (χ1v) is 6.91. The van der Waals surface area contributed by atoms with Crippen molar-refractivity contribution >= 4 is 17.5 Å². The summed E-state index contributed by atoms with van der Waals surface area (Å²) in [6, 6.07) is 5.65. The highest BCUT2D eigenvalue weighted by Gasteiger charge is 2.11. The molecule has 1 aromatic carbocycles. The summed E-state index contributed by atoms with van der Waals surface area (Å²) < 4.78 is 0. The van der Waals surface area contributed by atoms with E-state index in [4.69, 9.17) is 0 Å². The Morgan fingerprint density at radius 2 is 1.90 bits per heavy atom. The van der Waals surface area contributed by atoms with E-state index in [0.717, 1.165) is 17.7 Å². The van der Waals surface area contributed by atoms with Gasteiger partial charge in [0.1, 0.15) is 0 Å². The van der Waals surface area contributed by atoms with Crippen LogP contribution in [0, 0.1) is 6.92 Å². The molecule has 1 aromatic rings. The molecule has 0 aromatic heterocycles. The molecule has 0 aliphatic heterocycles. The van der Waals surface area contributed by atoms with Crippen molar-refractivity contribution in [1.82, 2.24) is 10.6 Å². The molecule has 0 radical (unpaired) electrons. The van der Waals surface area contributed by atoms with E-state index < -0.39 is 0 Å². The van der Waals surface area contributed by atoms with Crippen LogP contribution in [0.1, 0.15) is 35.7 Å². The van der Waals surface area contributed by atoms with Gasteiger partial charge in [-0.15, -0.1) is 0 Å². The highest BCUT2D eigenvalue weighted by Crippen LogP contribution is 2.16. The minimum absolute atomic E-state index is 0.0368. The maximum atomic E-state index is 12.1. The van der Waals surface area contributed by atoms with E-state index in [9.17, 15) is 9.59 Å². The van der Waals surface area contributed by atoms with Crippen LogP contribution in [0.3, 0.4) is 0 Å². The van der Waals surface area contributed by atoms with Gasteiger partial charge in [-0.2, -0.15) is 0 Å². The van der Waals surface area contributed by atoms with Crippen LogP contribution in [0.4, 0.5) is 5.69 Å². The Balaban J connectivity index is 2.51. The predicted molar refractivity (Wildman–Crippen MR) is 81.0 cm³/mol. The van der Waals surface area contributed by atoms with Crippen LogP contribution in [0.15, 0.2) is 18.2 Å². The summed E-state index contributed by atoms with van der Waals surface area (Å²) >= 11 is 0. The molecule has 20 heavy (non-hydrogen) atoms. The summed E-state index contributed by atoms with van der Waals surface area (Å²) in [6.45, 7) is 4.95. The van der Waals surface area contributed by atoms with Gasteiger partial charge >= 0.3 is 0 Å². The van der Waals surface area contributed by atoms with Crippen LogP contribution in [0.5, 0.6) is 0 Å². The Labute approximate surface area is 120 Å². The van der Waals surface area contributed by atoms with E-state index in [1.807, 2.05) is 32.0 Å². The van der Waals surface area contributed by atoms with Gasteiger partial charge in [-0.25, -0.2) is 0 Å². The van der Waals surface area contributed by atoms with Crippen LogP contribution >= 0.6 is 0 Å². The molecular formula is C15H23N3O2. The van der Waals surface area contributed by atoms with Crippen molar-refractivity contribution < 1.29 is 9.59 Å². The van der Waals surface area contributed by atoms with Crippen LogP contribution in [-0.4, -0.2) is 32.0 Å². The number of anilines is 1. The molecule has 0 atom stereocenters. The SMILES string of the molecule is CCCNC(=O)CCNC(=O)c1cc(C)ccc1NC. The minimum atomic E-state index is -0.165. The summed E-state index contributed by atoms with van der Waals surface area (Å²) in [4.78, 5) is 23.5. The maximum absolute atomic E-state index is 12.1. The molecule has 3 N–H and O–H groups in total. The first-order chi connectivity index (χ1) is 9.58. The molecule has 0 saturated carbocycles. The van der Waals surface area contributed by atoms with Crippen molar-refractivity contribution in [3.05, 3.63) is 29.3 Å². The Bertz CT molecular complexity index is 472. The van der Waals surface area contributed by atoms with Gasteiger partial charge in [-0.1, -0.05) is 18.6 Å². The Hall–Kier alpha value is -2.04. The lowest BCUT2D eigenvalue weighted by atomic mass is 10.1. The van der Waals surface area contributed by atoms with Crippen LogP contribution in [0.2, 0.25) is 0 Å². The molecular weight excluding hydrogens is 254 g/mol. The second-order valence-corrected chi connectivity index (χ2v) is 4.65. The normalized spacial score (nSPS) is 9.95. The molecule has 5 nitrogen and oxygen atoms in total. The number of carbonyl (C=O) groups is 2. The molecule has 0 heterocycles. The van der Waals surface area contributed by atoms with Crippen molar-refractivity contribution in [2.24, 2.45) is 0 Å². The van der Waals surface area contributed by atoms with E-state index in [0.29, 0.717) is 25.1 Å². The van der Waals surface area contributed by atoms with Gasteiger partial charge in [-0.3, -0.25) is 9.59 Å². The molecule has 0 saturated heterocycles. The van der Waals surface area contributed by atoms with E-state index in [-0.39, 0.29) is 11.8 Å². The molecule has 2 amide bonds. The zero-order valence-electron chi connectivity index (χ0n) is 12.4. The molecule has 0 bridgehead atoms. The Morgan fingerprint density at radius 3 is 2.55 bits per heavy atom. The topological polar surface area (TPSA) is 70.2 Å². The molecule has 0 aliphatic carbocycles. The zero-order chi connectivity index (χ0) is 15.0. The number of rotatable bonds is 7. The van der Waals surface area contributed by atoms with Crippen molar-refractivity contribution in [2.75, 3.05) is 25.5 Å². The molecule has 0 fully saturated rings. The second kappa shape index (κ2) is 8.19. The number of carbonyl (C=O) groups excluding carboxylic acids is 2. The smallest absolute Gasteiger partial charge is 0.253 e. The third-order valence-electron chi connectivity index (χ3n) is 2.90. The summed E-state index contributed by atoms with van der Waals surface area (Å²) in [5, 5.41) is 8.53. The van der Waals surface area contributed by atoms with Gasteiger partial charge in [-0.05, 0) is 25.5 Å². The highest BCUT2D eigenvalue weighted by molar-refractivity contribution is 5.99. The largest absolute Gasteiger partial charge is 0.387 e. The minimum Gasteiger partial charge on any atom is -0.387 e. The van der Waals surface area contributed by atoms with E-state index in [2.05, 4.69) is 16.0 Å². The molecule has 0 spiro atoms. The molecule has 1 rings (SSSR count). The third kappa shape index (κ3) is 4.91. The molecule has 0 unspecified atom stereocenters. The number of aryl methyl sites for hydroxylation is 1. The van der Waals surface area contributed by atoms with Crippen LogP contribution in [-0.2, 0) is 4.79 Å². The summed E-state index contributed by atoms with van der Waals surface area (Å²) in [5.74, 6) is -0.202. The number of amides is 2. The van der Waals surface area contributed by atoms with Crippen molar-refractivity contribution in [2.45, 2.75) is 26.7 Å². The summed E-state index contributed by atoms with van der Waals surface area (Å²) in [6.07, 6.45) is 1.21. The van der Waals surface area contributed by atoms with Gasteiger partial charge in [0.05, 0.1) is 5.56 Å². The van der Waals surface area contributed by atoms with Gasteiger partial charge in [0.15, 0.2) is 0 Å². The average Bonchev–Trinajstić information content (AvgIpc) is 2.44. The van der Waals surface area contributed by atoms with Crippen molar-refractivity contribution in [3.8, 4) is 0 Å². The van der Waals surface area contributed by atoms with Gasteiger partial charge in [0.25, 0.3) is 5.91 Å². The van der Waals surface area contributed by atoms with Gasteiger partial charge < -0.3 is 16.0 Å². The van der Waals surface area contributed by atoms with E-state index >= 15 is 0 Å². The maximum Gasteiger partial charge on any atom is 0.253 e. The van der Waals surface area contributed by atoms with Gasteiger partial charge in [0, 0.05) is 32.2 Å². The highest BCUT2D eigenvalue weighted by atomic mass is 16.2. The fraction of sp³-hybridized carbons (Fsp3) is 0.467. The monoisotopic (exact) mass is 277 g/mol. The first kappa shape index (κ1) is 16.0. The number of hydrogen-bond acceptors (Lipinski definition) is 3. The fourth-order valence-electron chi connectivity index (χ4n) is 1.80. The molecule has 5 heteroatoms. The quantitative estimate of drug-likeness (QED) is 0.710. The average molecular weight is 277 g/mol. The first-order valence-electron chi connectivity index (χ1n) is 6.91. The molecule has 110 valence electrons. The van der Waals surface area contributed by atoms with Crippen molar-refractivity contribution in [1.29, 1.82) is 0 Å². The predicted octanol–water partition coefficient (Wildman–Crippen LogP) is 1.68.